The van der Waals surface area contributed by atoms with Gasteiger partial charge in [0.2, 0.25) is 0 Å². The Hall–Kier alpha value is -3.60. The molecular weight excluding hydrogens is 529 g/mol. The number of amides is 1. The number of piperazine rings is 1. The minimum Gasteiger partial charge on any atom is -0.352 e. The molecule has 0 radical (unpaired) electrons. The van der Waals surface area contributed by atoms with E-state index in [0.717, 1.165) is 16.5 Å². The highest BCUT2D eigenvalue weighted by molar-refractivity contribution is 7.99. The Morgan fingerprint density at radius 1 is 1.13 bits per heavy atom. The second kappa shape index (κ2) is 9.55. The number of aromatic nitrogens is 2. The minimum absolute atomic E-state index is 0.00204. The Bertz CT molecular complexity index is 1620. The van der Waals surface area contributed by atoms with Crippen molar-refractivity contribution in [2.24, 2.45) is 0 Å². The van der Waals surface area contributed by atoms with Gasteiger partial charge < -0.3 is 9.80 Å². The molecule has 11 heteroatoms. The fourth-order valence-electron chi connectivity index (χ4n) is 6.17. The second-order valence-electron chi connectivity index (χ2n) is 10.3. The first-order valence-corrected chi connectivity index (χ1v) is 13.7. The van der Waals surface area contributed by atoms with Gasteiger partial charge in [-0.3, -0.25) is 14.2 Å². The molecule has 2 bridgehead atoms. The van der Waals surface area contributed by atoms with E-state index in [1.165, 1.54) is 28.8 Å². The van der Waals surface area contributed by atoms with Gasteiger partial charge in [-0.05, 0) is 42.9 Å². The number of hydrogen-bond acceptors (Lipinski definition) is 6. The molecule has 202 valence electrons. The van der Waals surface area contributed by atoms with E-state index >= 15 is 0 Å². The average Bonchev–Trinajstić information content (AvgIpc) is 3.09. The Morgan fingerprint density at radius 3 is 2.51 bits per heavy atom. The van der Waals surface area contributed by atoms with Crippen molar-refractivity contribution in [2.75, 3.05) is 23.7 Å². The van der Waals surface area contributed by atoms with E-state index in [2.05, 4.69) is 11.6 Å². The molecule has 6 rings (SSSR count). The van der Waals surface area contributed by atoms with Crippen LogP contribution >= 0.6 is 11.8 Å². The van der Waals surface area contributed by atoms with Crippen molar-refractivity contribution in [3.05, 3.63) is 64.4 Å². The van der Waals surface area contributed by atoms with Crippen molar-refractivity contribution in [2.45, 2.75) is 49.7 Å². The normalized spacial score (nSPS) is 20.8. The molecule has 0 spiro atoms. The summed E-state index contributed by atoms with van der Waals surface area (Å²) in [5.74, 6) is -2.14. The Morgan fingerprint density at radius 2 is 1.85 bits per heavy atom. The number of Topliss-reactive ketones (excluding diaryl/α,β-unsaturated/α-hetero) is 1. The van der Waals surface area contributed by atoms with E-state index in [0.29, 0.717) is 41.0 Å². The number of fused-ring (bicyclic) bond motifs is 2. The Kier molecular flexibility index (Phi) is 6.28. The predicted molar refractivity (Wildman–Crippen MR) is 143 cm³/mol. The number of piperidine rings is 1. The number of benzene rings is 2. The quantitative estimate of drug-likeness (QED) is 0.448. The zero-order chi connectivity index (χ0) is 27.6. The van der Waals surface area contributed by atoms with Gasteiger partial charge in [0.15, 0.2) is 5.83 Å². The van der Waals surface area contributed by atoms with Crippen molar-refractivity contribution >= 4 is 40.2 Å². The van der Waals surface area contributed by atoms with Crippen LogP contribution in [-0.2, 0) is 16.1 Å². The molecule has 7 nitrogen and oxygen atoms in total. The minimum atomic E-state index is -1.07. The van der Waals surface area contributed by atoms with Gasteiger partial charge in [-0.1, -0.05) is 6.58 Å². The summed E-state index contributed by atoms with van der Waals surface area (Å²) in [5, 5.41) is 0.696. The van der Waals surface area contributed by atoms with Crippen LogP contribution in [0.3, 0.4) is 0 Å². The number of carbonyl (C=O) groups is 2. The summed E-state index contributed by atoms with van der Waals surface area (Å²) in [4.78, 5) is 46.8. The number of aryl methyl sites for hydroxylation is 2. The van der Waals surface area contributed by atoms with E-state index in [4.69, 9.17) is 0 Å². The summed E-state index contributed by atoms with van der Waals surface area (Å²) in [7, 11) is 0. The maximum Gasteiger partial charge on any atom is 0.350 e. The molecule has 2 unspecified atom stereocenters. The number of ketones is 1. The van der Waals surface area contributed by atoms with Crippen LogP contribution in [-0.4, -0.2) is 57.1 Å². The number of anilines is 1. The van der Waals surface area contributed by atoms with Crippen molar-refractivity contribution in [1.82, 2.24) is 14.5 Å². The first kappa shape index (κ1) is 25.7. The van der Waals surface area contributed by atoms with Crippen LogP contribution in [0.2, 0.25) is 0 Å². The highest BCUT2D eigenvalue weighted by atomic mass is 32.2. The maximum absolute atomic E-state index is 15.0. The molecule has 2 atom stereocenters. The first-order valence-electron chi connectivity index (χ1n) is 12.7. The van der Waals surface area contributed by atoms with Crippen LogP contribution < -0.4 is 10.6 Å². The van der Waals surface area contributed by atoms with Crippen LogP contribution in [0.25, 0.3) is 22.0 Å². The summed E-state index contributed by atoms with van der Waals surface area (Å²) >= 11 is 1.52. The Labute approximate surface area is 226 Å². The van der Waals surface area contributed by atoms with Crippen molar-refractivity contribution < 1.29 is 22.8 Å². The van der Waals surface area contributed by atoms with Gasteiger partial charge in [-0.15, -0.1) is 11.8 Å². The number of halogens is 3. The summed E-state index contributed by atoms with van der Waals surface area (Å²) in [5.41, 5.74) is 1.78. The largest absolute Gasteiger partial charge is 0.352 e. The van der Waals surface area contributed by atoms with E-state index in [9.17, 15) is 27.6 Å². The molecule has 0 N–H and O–H groups in total. The zero-order valence-corrected chi connectivity index (χ0v) is 22.0. The molecular formula is C28H25F3N4O3S. The number of thioether (sulfide) groups is 1. The van der Waals surface area contributed by atoms with Crippen molar-refractivity contribution in [1.29, 1.82) is 0 Å². The molecule has 3 aromatic rings. The molecule has 0 saturated carbocycles. The second-order valence-corrected chi connectivity index (χ2v) is 11.4. The smallest absolute Gasteiger partial charge is 0.350 e. The molecule has 3 aliphatic heterocycles. The molecule has 2 fully saturated rings. The maximum atomic E-state index is 15.0. The topological polar surface area (TPSA) is 75.5 Å². The standard InChI is InChI=1S/C28H25F3N4O3S/c1-14-8-21-24-25(23(14)20-5-4-16(30)9-22(20)31)39-7-3-6-34(24)28(38)32-26(21)33-12-17-10-19(36)11-18(13-33)35(17)27(37)15(2)29/h4-5,8-9,17-18H,2-3,6-7,10-13H2,1H3. The average molecular weight is 555 g/mol. The lowest BCUT2D eigenvalue weighted by Gasteiger charge is -2.49. The van der Waals surface area contributed by atoms with Gasteiger partial charge in [0.05, 0.1) is 17.6 Å². The third kappa shape index (κ3) is 4.23. The highest BCUT2D eigenvalue weighted by Crippen LogP contribution is 2.44. The van der Waals surface area contributed by atoms with Gasteiger partial charge in [0.1, 0.15) is 23.2 Å². The van der Waals surface area contributed by atoms with Gasteiger partial charge in [0.25, 0.3) is 5.91 Å². The highest BCUT2D eigenvalue weighted by Gasteiger charge is 2.44. The molecule has 0 aliphatic carbocycles. The lowest BCUT2D eigenvalue weighted by molar-refractivity contribution is -0.140. The number of rotatable bonds is 3. The lowest BCUT2D eigenvalue weighted by atomic mass is 9.89. The molecule has 3 aliphatic rings. The molecule has 2 saturated heterocycles. The van der Waals surface area contributed by atoms with Crippen LogP contribution in [0.4, 0.5) is 19.0 Å². The molecule has 4 heterocycles. The summed E-state index contributed by atoms with van der Waals surface area (Å²) in [6.45, 7) is 5.82. The number of hydrogen-bond donors (Lipinski definition) is 0. The van der Waals surface area contributed by atoms with E-state index in [-0.39, 0.29) is 37.3 Å². The van der Waals surface area contributed by atoms with E-state index in [1.807, 2.05) is 17.9 Å². The fourth-order valence-corrected chi connectivity index (χ4v) is 7.42. The van der Waals surface area contributed by atoms with Crippen LogP contribution in [0, 0.1) is 18.6 Å². The van der Waals surface area contributed by atoms with Crippen molar-refractivity contribution in [3.63, 3.8) is 0 Å². The van der Waals surface area contributed by atoms with Gasteiger partial charge in [-0.25, -0.2) is 18.0 Å². The Balaban J connectivity index is 1.54. The summed E-state index contributed by atoms with van der Waals surface area (Å²) in [6, 6.07) is 4.19. The van der Waals surface area contributed by atoms with E-state index < -0.39 is 41.1 Å². The first-order chi connectivity index (χ1) is 18.6. The van der Waals surface area contributed by atoms with Gasteiger partial charge in [-0.2, -0.15) is 4.98 Å². The summed E-state index contributed by atoms with van der Waals surface area (Å²) in [6.07, 6.45) is 0.865. The molecule has 1 aromatic heterocycles. The molecule has 1 amide bonds. The van der Waals surface area contributed by atoms with Crippen molar-refractivity contribution in [3.8, 4) is 11.1 Å². The van der Waals surface area contributed by atoms with Crippen LogP contribution in [0.5, 0.6) is 0 Å². The predicted octanol–water partition coefficient (Wildman–Crippen LogP) is 4.38. The molecule has 39 heavy (non-hydrogen) atoms. The van der Waals surface area contributed by atoms with Gasteiger partial charge >= 0.3 is 5.69 Å². The van der Waals surface area contributed by atoms with E-state index in [1.54, 1.807) is 4.57 Å². The summed E-state index contributed by atoms with van der Waals surface area (Å²) < 4.78 is 44.1. The number of carbonyl (C=O) groups excluding carboxylic acids is 2. The monoisotopic (exact) mass is 554 g/mol. The SMILES string of the molecule is C=C(F)C(=O)N1C2CC(=O)CC1CN(c1nc(=O)n3c4c(c(-c5ccc(F)cc5F)c(C)cc14)SCCC3)C2. The van der Waals surface area contributed by atoms with Crippen LogP contribution in [0.15, 0.2) is 46.4 Å². The molecule has 2 aromatic carbocycles. The lowest BCUT2D eigenvalue weighted by Crippen LogP contribution is -2.64. The third-order valence-corrected chi connectivity index (χ3v) is 8.89. The third-order valence-electron chi connectivity index (χ3n) is 7.71. The fraction of sp³-hybridized carbons (Fsp3) is 0.357. The van der Waals surface area contributed by atoms with Gasteiger partial charge in [0, 0.05) is 60.0 Å². The zero-order valence-electron chi connectivity index (χ0n) is 21.2. The van der Waals surface area contributed by atoms with Crippen LogP contribution in [0.1, 0.15) is 24.8 Å². The number of nitrogens with zero attached hydrogens (tertiary/aromatic N) is 4.